The van der Waals surface area contributed by atoms with Gasteiger partial charge in [0.2, 0.25) is 0 Å². The fourth-order valence-electron chi connectivity index (χ4n) is 3.51. The number of hydrogen-bond donors (Lipinski definition) is 1. The Kier molecular flexibility index (Phi) is 7.07. The Hall–Kier alpha value is -4.24. The molecule has 0 spiro atoms. The highest BCUT2D eigenvalue weighted by Gasteiger charge is 2.24. The summed E-state index contributed by atoms with van der Waals surface area (Å²) in [6, 6.07) is 18.4. The predicted octanol–water partition coefficient (Wildman–Crippen LogP) is 5.64. The summed E-state index contributed by atoms with van der Waals surface area (Å²) in [6.07, 6.45) is 0. The normalized spacial score (nSPS) is 10.6. The first-order valence-electron chi connectivity index (χ1n) is 10.7. The fourth-order valence-corrected chi connectivity index (χ4v) is 4.34. The van der Waals surface area contributed by atoms with Crippen molar-refractivity contribution in [2.75, 3.05) is 14.2 Å². The Balaban J connectivity index is 1.46. The van der Waals surface area contributed by atoms with Crippen molar-refractivity contribution in [1.29, 1.82) is 0 Å². The highest BCUT2D eigenvalue weighted by atomic mass is 32.1. The molecular formula is C26H23N3O5S. The molecule has 0 fully saturated rings. The summed E-state index contributed by atoms with van der Waals surface area (Å²) in [7, 11) is 2.78. The van der Waals surface area contributed by atoms with Gasteiger partial charge in [-0.25, -0.2) is 4.98 Å². The van der Waals surface area contributed by atoms with E-state index in [1.165, 1.54) is 31.9 Å². The second kappa shape index (κ2) is 10.4. The van der Waals surface area contributed by atoms with Crippen LogP contribution >= 0.6 is 11.3 Å². The van der Waals surface area contributed by atoms with Gasteiger partial charge in [-0.05, 0) is 12.5 Å². The Morgan fingerprint density at radius 1 is 1.00 bits per heavy atom. The average molecular weight is 490 g/mol. The quantitative estimate of drug-likeness (QED) is 0.254. The lowest BCUT2D eigenvalue weighted by molar-refractivity contribution is -0.385. The van der Waals surface area contributed by atoms with Crippen molar-refractivity contribution in [1.82, 2.24) is 10.3 Å². The number of methoxy groups -OCH3 is 2. The average Bonchev–Trinajstić information content (AvgIpc) is 3.37. The number of carbonyl (C=O) groups is 1. The van der Waals surface area contributed by atoms with E-state index in [-0.39, 0.29) is 29.3 Å². The van der Waals surface area contributed by atoms with Crippen molar-refractivity contribution in [2.24, 2.45) is 0 Å². The number of nitro benzene ring substituents is 1. The first-order valence-corrected chi connectivity index (χ1v) is 11.6. The monoisotopic (exact) mass is 489 g/mol. The third-order valence-electron chi connectivity index (χ3n) is 5.45. The Morgan fingerprint density at radius 2 is 1.63 bits per heavy atom. The molecule has 1 aromatic heterocycles. The van der Waals surface area contributed by atoms with Gasteiger partial charge in [0.15, 0.2) is 11.5 Å². The lowest BCUT2D eigenvalue weighted by atomic mass is 10.1. The summed E-state index contributed by atoms with van der Waals surface area (Å²) in [4.78, 5) is 28.3. The van der Waals surface area contributed by atoms with Crippen LogP contribution in [0.1, 0.15) is 21.5 Å². The van der Waals surface area contributed by atoms with E-state index in [0.717, 1.165) is 27.4 Å². The summed E-state index contributed by atoms with van der Waals surface area (Å²) < 4.78 is 10.3. The zero-order valence-electron chi connectivity index (χ0n) is 19.4. The Labute approximate surface area is 206 Å². The van der Waals surface area contributed by atoms with Gasteiger partial charge in [-0.1, -0.05) is 54.1 Å². The molecule has 35 heavy (non-hydrogen) atoms. The SMILES string of the molecule is COc1cc(C(=O)NCc2ccc(-c3nc(-c4ccc(C)cc4)cs3)cc2)c([N+](=O)[O-])cc1OC. The zero-order valence-corrected chi connectivity index (χ0v) is 20.2. The first-order chi connectivity index (χ1) is 16.9. The molecule has 0 unspecified atom stereocenters. The predicted molar refractivity (Wildman–Crippen MR) is 135 cm³/mol. The molecule has 1 heterocycles. The van der Waals surface area contributed by atoms with Gasteiger partial charge in [0.1, 0.15) is 10.6 Å². The number of nitro groups is 1. The third kappa shape index (κ3) is 5.30. The van der Waals surface area contributed by atoms with Crippen molar-refractivity contribution in [3.8, 4) is 33.3 Å². The number of nitrogens with zero attached hydrogens (tertiary/aromatic N) is 2. The van der Waals surface area contributed by atoms with Crippen LogP contribution in [0.4, 0.5) is 5.69 Å². The molecule has 0 aliphatic heterocycles. The van der Waals surface area contributed by atoms with E-state index in [1.54, 1.807) is 11.3 Å². The molecule has 9 heteroatoms. The lowest BCUT2D eigenvalue weighted by Gasteiger charge is -2.11. The molecule has 4 aromatic rings. The number of carbonyl (C=O) groups excluding carboxylic acids is 1. The molecule has 4 rings (SSSR count). The van der Waals surface area contributed by atoms with Crippen LogP contribution in [0, 0.1) is 17.0 Å². The molecule has 3 aromatic carbocycles. The first kappa shape index (κ1) is 23.9. The van der Waals surface area contributed by atoms with Gasteiger partial charge in [0, 0.05) is 29.1 Å². The number of aromatic nitrogens is 1. The molecule has 0 radical (unpaired) electrons. The summed E-state index contributed by atoms with van der Waals surface area (Å²) in [5.41, 5.74) is 4.56. The maximum Gasteiger partial charge on any atom is 0.286 e. The number of rotatable bonds is 8. The number of aryl methyl sites for hydroxylation is 1. The van der Waals surface area contributed by atoms with Crippen LogP contribution in [-0.4, -0.2) is 30.0 Å². The van der Waals surface area contributed by atoms with Gasteiger partial charge < -0.3 is 14.8 Å². The number of benzene rings is 3. The minimum atomic E-state index is -0.620. The Morgan fingerprint density at radius 3 is 2.26 bits per heavy atom. The molecular weight excluding hydrogens is 466 g/mol. The van der Waals surface area contributed by atoms with Crippen LogP contribution in [0.2, 0.25) is 0 Å². The molecule has 0 aliphatic rings. The number of hydrogen-bond acceptors (Lipinski definition) is 7. The van der Waals surface area contributed by atoms with Crippen molar-refractivity contribution in [3.05, 3.63) is 92.8 Å². The van der Waals surface area contributed by atoms with Crippen LogP contribution in [-0.2, 0) is 6.54 Å². The van der Waals surface area contributed by atoms with Crippen LogP contribution in [0.25, 0.3) is 21.8 Å². The van der Waals surface area contributed by atoms with Crippen LogP contribution < -0.4 is 14.8 Å². The smallest absolute Gasteiger partial charge is 0.286 e. The number of ether oxygens (including phenoxy) is 2. The maximum atomic E-state index is 12.7. The molecule has 178 valence electrons. The molecule has 0 saturated carbocycles. The topological polar surface area (TPSA) is 104 Å². The minimum absolute atomic E-state index is 0.101. The molecule has 0 saturated heterocycles. The summed E-state index contributed by atoms with van der Waals surface area (Å²) in [5, 5.41) is 17.1. The summed E-state index contributed by atoms with van der Waals surface area (Å²) in [6.45, 7) is 2.26. The fraction of sp³-hybridized carbons (Fsp3) is 0.154. The molecule has 0 atom stereocenters. The summed E-state index contributed by atoms with van der Waals surface area (Å²) in [5.74, 6) is -0.162. The third-order valence-corrected chi connectivity index (χ3v) is 6.34. The van der Waals surface area contributed by atoms with E-state index in [0.29, 0.717) is 0 Å². The van der Waals surface area contributed by atoms with Crippen molar-refractivity contribution in [2.45, 2.75) is 13.5 Å². The second-order valence-electron chi connectivity index (χ2n) is 7.76. The highest BCUT2D eigenvalue weighted by Crippen LogP contribution is 2.34. The number of amides is 1. The zero-order chi connectivity index (χ0) is 24.9. The standard InChI is InChI=1S/C26H23N3O5S/c1-16-4-8-18(9-5-16)21-15-35-26(28-21)19-10-6-17(7-11-19)14-27-25(30)20-12-23(33-2)24(34-3)13-22(20)29(31)32/h4-13,15H,14H2,1-3H3,(H,27,30). The van der Waals surface area contributed by atoms with E-state index >= 15 is 0 Å². The van der Waals surface area contributed by atoms with Gasteiger partial charge in [-0.2, -0.15) is 0 Å². The van der Waals surface area contributed by atoms with E-state index in [1.807, 2.05) is 29.6 Å². The van der Waals surface area contributed by atoms with E-state index < -0.39 is 10.8 Å². The molecule has 1 amide bonds. The second-order valence-corrected chi connectivity index (χ2v) is 8.62. The lowest BCUT2D eigenvalue weighted by Crippen LogP contribution is -2.23. The molecule has 1 N–H and O–H groups in total. The van der Waals surface area contributed by atoms with Crippen molar-refractivity contribution >= 4 is 22.9 Å². The maximum absolute atomic E-state index is 12.7. The molecule has 8 nitrogen and oxygen atoms in total. The number of nitrogens with one attached hydrogen (secondary N) is 1. The number of thiazole rings is 1. The largest absolute Gasteiger partial charge is 0.493 e. The molecule has 0 aliphatic carbocycles. The van der Waals surface area contributed by atoms with Crippen LogP contribution in [0.3, 0.4) is 0 Å². The van der Waals surface area contributed by atoms with E-state index in [9.17, 15) is 14.9 Å². The highest BCUT2D eigenvalue weighted by molar-refractivity contribution is 7.13. The van der Waals surface area contributed by atoms with E-state index in [4.69, 9.17) is 14.5 Å². The van der Waals surface area contributed by atoms with Crippen molar-refractivity contribution in [3.63, 3.8) is 0 Å². The molecule has 0 bridgehead atoms. The Bertz CT molecular complexity index is 1370. The van der Waals surface area contributed by atoms with E-state index in [2.05, 4.69) is 36.5 Å². The van der Waals surface area contributed by atoms with Crippen LogP contribution in [0.15, 0.2) is 66.0 Å². The van der Waals surface area contributed by atoms with Gasteiger partial charge in [0.05, 0.1) is 30.9 Å². The van der Waals surface area contributed by atoms with Gasteiger partial charge in [-0.15, -0.1) is 11.3 Å². The van der Waals surface area contributed by atoms with Gasteiger partial charge in [-0.3, -0.25) is 14.9 Å². The van der Waals surface area contributed by atoms with Crippen LogP contribution in [0.5, 0.6) is 11.5 Å². The van der Waals surface area contributed by atoms with Gasteiger partial charge in [0.25, 0.3) is 11.6 Å². The summed E-state index contributed by atoms with van der Waals surface area (Å²) >= 11 is 1.57. The minimum Gasteiger partial charge on any atom is -0.493 e. The van der Waals surface area contributed by atoms with Crippen molar-refractivity contribution < 1.29 is 19.2 Å². The van der Waals surface area contributed by atoms with Gasteiger partial charge >= 0.3 is 0 Å².